The van der Waals surface area contributed by atoms with Gasteiger partial charge in [-0.1, -0.05) is 63.1 Å². The van der Waals surface area contributed by atoms with Gasteiger partial charge < -0.3 is 9.73 Å². The summed E-state index contributed by atoms with van der Waals surface area (Å²) in [4.78, 5) is 12.6. The molecule has 2 fully saturated rings. The molecule has 2 aromatic heterocycles. The molecule has 0 radical (unpaired) electrons. The van der Waals surface area contributed by atoms with Crippen LogP contribution in [-0.2, 0) is 4.79 Å². The zero-order valence-electron chi connectivity index (χ0n) is 17.1. The first-order valence-electron chi connectivity index (χ1n) is 11.2. The molecule has 7 heteroatoms. The molecule has 2 aliphatic rings. The second-order valence-corrected chi connectivity index (χ2v) is 9.29. The van der Waals surface area contributed by atoms with Crippen molar-refractivity contribution in [1.82, 2.24) is 20.1 Å². The molecule has 2 aliphatic carbocycles. The van der Waals surface area contributed by atoms with E-state index in [0.29, 0.717) is 17.8 Å². The summed E-state index contributed by atoms with van der Waals surface area (Å²) >= 11 is 1.50. The molecule has 0 aromatic carbocycles. The van der Waals surface area contributed by atoms with E-state index in [1.165, 1.54) is 63.1 Å². The fourth-order valence-electron chi connectivity index (χ4n) is 4.62. The molecule has 4 rings (SSSR count). The fraction of sp³-hybridized carbons (Fsp3) is 0.682. The van der Waals surface area contributed by atoms with Crippen LogP contribution in [0.15, 0.2) is 28.0 Å². The largest absolute Gasteiger partial charge is 0.461 e. The zero-order valence-corrected chi connectivity index (χ0v) is 18.0. The summed E-state index contributed by atoms with van der Waals surface area (Å²) in [5.41, 5.74) is 0. The number of hydrogen-bond acceptors (Lipinski definition) is 5. The van der Waals surface area contributed by atoms with Gasteiger partial charge in [0.15, 0.2) is 10.9 Å². The third-order valence-electron chi connectivity index (χ3n) is 6.15. The number of nitrogens with zero attached hydrogens (tertiary/aromatic N) is 3. The number of amides is 1. The molecule has 0 atom stereocenters. The van der Waals surface area contributed by atoms with E-state index < -0.39 is 0 Å². The summed E-state index contributed by atoms with van der Waals surface area (Å²) in [6.45, 7) is 0. The first-order valence-corrected chi connectivity index (χ1v) is 12.2. The number of nitrogens with one attached hydrogen (secondary N) is 1. The summed E-state index contributed by atoms with van der Waals surface area (Å²) in [5.74, 6) is 2.02. The lowest BCUT2D eigenvalue weighted by Crippen LogP contribution is -2.36. The highest BCUT2D eigenvalue weighted by Crippen LogP contribution is 2.35. The average Bonchev–Trinajstić information content (AvgIpc) is 3.38. The highest BCUT2D eigenvalue weighted by molar-refractivity contribution is 7.99. The van der Waals surface area contributed by atoms with Crippen LogP contribution in [0.2, 0.25) is 0 Å². The molecular weight excluding hydrogens is 384 g/mol. The normalized spacial score (nSPS) is 19.6. The minimum atomic E-state index is 0.110. The second kappa shape index (κ2) is 10.3. The summed E-state index contributed by atoms with van der Waals surface area (Å²) in [7, 11) is 0. The molecule has 2 aromatic rings. The molecular formula is C22H32N4O2S. The van der Waals surface area contributed by atoms with Crippen molar-refractivity contribution in [3.63, 3.8) is 0 Å². The summed E-state index contributed by atoms with van der Waals surface area (Å²) in [6, 6.07) is 4.53. The van der Waals surface area contributed by atoms with Crippen LogP contribution in [0.3, 0.4) is 0 Å². The van der Waals surface area contributed by atoms with Crippen LogP contribution in [0, 0.1) is 0 Å². The standard InChI is InChI=1S/C22H32N4O2S/c27-20(23-17-10-5-2-1-3-6-11-17)16-29-22-25-24-21(19-14-9-15-28-19)26(22)18-12-7-4-8-13-18/h9,14-15,17-18H,1-8,10-13,16H2,(H,23,27). The van der Waals surface area contributed by atoms with Crippen molar-refractivity contribution in [2.75, 3.05) is 5.75 Å². The second-order valence-electron chi connectivity index (χ2n) is 8.34. The van der Waals surface area contributed by atoms with Crippen molar-refractivity contribution >= 4 is 17.7 Å². The number of carbonyl (C=O) groups is 1. The fourth-order valence-corrected chi connectivity index (χ4v) is 5.43. The highest BCUT2D eigenvalue weighted by Gasteiger charge is 2.25. The number of furan rings is 1. The maximum atomic E-state index is 12.6. The van der Waals surface area contributed by atoms with Gasteiger partial charge in [0.25, 0.3) is 0 Å². The van der Waals surface area contributed by atoms with Crippen molar-refractivity contribution in [2.24, 2.45) is 0 Å². The summed E-state index contributed by atoms with van der Waals surface area (Å²) in [5, 5.41) is 12.9. The molecule has 1 N–H and O–H groups in total. The monoisotopic (exact) mass is 416 g/mol. The van der Waals surface area contributed by atoms with E-state index in [1.54, 1.807) is 6.26 Å². The van der Waals surface area contributed by atoms with Crippen LogP contribution in [0.1, 0.15) is 83.1 Å². The van der Waals surface area contributed by atoms with Gasteiger partial charge in [-0.3, -0.25) is 9.36 Å². The molecule has 6 nitrogen and oxygen atoms in total. The molecule has 0 saturated heterocycles. The van der Waals surface area contributed by atoms with E-state index in [0.717, 1.165) is 42.4 Å². The Bertz CT molecular complexity index is 760. The van der Waals surface area contributed by atoms with Crippen LogP contribution in [0.25, 0.3) is 11.6 Å². The molecule has 29 heavy (non-hydrogen) atoms. The van der Waals surface area contributed by atoms with Gasteiger partial charge in [0, 0.05) is 12.1 Å². The summed E-state index contributed by atoms with van der Waals surface area (Å²) in [6.07, 6.45) is 16.3. The maximum absolute atomic E-state index is 12.6. The predicted molar refractivity (Wildman–Crippen MR) is 115 cm³/mol. The molecule has 2 saturated carbocycles. The first-order chi connectivity index (χ1) is 14.3. The summed E-state index contributed by atoms with van der Waals surface area (Å²) < 4.78 is 7.81. The lowest BCUT2D eigenvalue weighted by Gasteiger charge is -2.25. The lowest BCUT2D eigenvalue weighted by atomic mass is 9.95. The van der Waals surface area contributed by atoms with Crippen molar-refractivity contribution < 1.29 is 9.21 Å². The Morgan fingerprint density at radius 2 is 1.72 bits per heavy atom. The quantitative estimate of drug-likeness (QED) is 0.641. The van der Waals surface area contributed by atoms with E-state index in [1.807, 2.05) is 12.1 Å². The third kappa shape index (κ3) is 5.44. The Balaban J connectivity index is 1.41. The molecule has 158 valence electrons. The van der Waals surface area contributed by atoms with Crippen molar-refractivity contribution in [3.8, 4) is 11.6 Å². The van der Waals surface area contributed by atoms with Gasteiger partial charge in [0.05, 0.1) is 12.0 Å². The van der Waals surface area contributed by atoms with Gasteiger partial charge in [0.2, 0.25) is 11.7 Å². The number of thioether (sulfide) groups is 1. The topological polar surface area (TPSA) is 73.0 Å². The maximum Gasteiger partial charge on any atom is 0.230 e. The number of aromatic nitrogens is 3. The molecule has 0 bridgehead atoms. The first kappa shape index (κ1) is 20.5. The van der Waals surface area contributed by atoms with E-state index in [-0.39, 0.29) is 5.91 Å². The van der Waals surface area contributed by atoms with Gasteiger partial charge in [-0.05, 0) is 37.8 Å². The SMILES string of the molecule is O=C(CSc1nnc(-c2ccco2)n1C1CCCCC1)NC1CCCCCCC1. The van der Waals surface area contributed by atoms with E-state index in [4.69, 9.17) is 4.42 Å². The molecule has 0 spiro atoms. The van der Waals surface area contributed by atoms with Gasteiger partial charge in [0.1, 0.15) is 0 Å². The smallest absolute Gasteiger partial charge is 0.230 e. The highest BCUT2D eigenvalue weighted by atomic mass is 32.2. The van der Waals surface area contributed by atoms with E-state index >= 15 is 0 Å². The Hall–Kier alpha value is -1.76. The Labute approximate surface area is 177 Å². The Morgan fingerprint density at radius 3 is 2.45 bits per heavy atom. The molecule has 0 unspecified atom stereocenters. The van der Waals surface area contributed by atoms with Crippen LogP contribution in [0.4, 0.5) is 0 Å². The van der Waals surface area contributed by atoms with Crippen LogP contribution >= 0.6 is 11.8 Å². The van der Waals surface area contributed by atoms with Gasteiger partial charge in [-0.25, -0.2) is 0 Å². The van der Waals surface area contributed by atoms with Crippen molar-refractivity contribution in [2.45, 2.75) is 94.3 Å². The Morgan fingerprint density at radius 1 is 1.03 bits per heavy atom. The van der Waals surface area contributed by atoms with Gasteiger partial charge in [-0.15, -0.1) is 10.2 Å². The minimum absolute atomic E-state index is 0.110. The zero-order chi connectivity index (χ0) is 19.9. The number of carbonyl (C=O) groups excluding carboxylic acids is 1. The number of hydrogen-bond donors (Lipinski definition) is 1. The van der Waals surface area contributed by atoms with E-state index in [2.05, 4.69) is 20.1 Å². The Kier molecular flexibility index (Phi) is 7.30. The molecule has 1 amide bonds. The van der Waals surface area contributed by atoms with Crippen LogP contribution in [-0.4, -0.2) is 32.5 Å². The third-order valence-corrected chi connectivity index (χ3v) is 7.09. The predicted octanol–water partition coefficient (Wildman–Crippen LogP) is 5.36. The number of rotatable bonds is 6. The lowest BCUT2D eigenvalue weighted by molar-refractivity contribution is -0.119. The minimum Gasteiger partial charge on any atom is -0.461 e. The molecule has 2 heterocycles. The average molecular weight is 417 g/mol. The van der Waals surface area contributed by atoms with Gasteiger partial charge >= 0.3 is 0 Å². The van der Waals surface area contributed by atoms with Crippen molar-refractivity contribution in [3.05, 3.63) is 18.4 Å². The van der Waals surface area contributed by atoms with Crippen molar-refractivity contribution in [1.29, 1.82) is 0 Å². The molecule has 0 aliphatic heterocycles. The van der Waals surface area contributed by atoms with Gasteiger partial charge in [-0.2, -0.15) is 0 Å². The van der Waals surface area contributed by atoms with Crippen LogP contribution < -0.4 is 5.32 Å². The van der Waals surface area contributed by atoms with E-state index in [9.17, 15) is 4.79 Å². The van der Waals surface area contributed by atoms with Crippen LogP contribution in [0.5, 0.6) is 0 Å².